The number of aromatic carboxylic acids is 1. The third-order valence-corrected chi connectivity index (χ3v) is 6.80. The van der Waals surface area contributed by atoms with Crippen LogP contribution in [0.3, 0.4) is 0 Å². The first-order chi connectivity index (χ1) is 18.2. The predicted octanol–water partition coefficient (Wildman–Crippen LogP) is 4.36. The summed E-state index contributed by atoms with van der Waals surface area (Å²) in [6, 6.07) is 9.74. The number of nitrogens with zero attached hydrogens (tertiary/aromatic N) is 2. The van der Waals surface area contributed by atoms with Crippen molar-refractivity contribution in [1.82, 2.24) is 14.1 Å². The Hall–Kier alpha value is -5.19. The van der Waals surface area contributed by atoms with Crippen LogP contribution in [0.15, 0.2) is 64.1 Å². The van der Waals surface area contributed by atoms with Crippen molar-refractivity contribution in [3.8, 4) is 11.1 Å². The van der Waals surface area contributed by atoms with E-state index in [4.69, 9.17) is 10.2 Å². The zero-order valence-corrected chi connectivity index (χ0v) is 19.7. The third kappa shape index (κ3) is 3.25. The van der Waals surface area contributed by atoms with Crippen LogP contribution in [0, 0.1) is 11.6 Å². The second-order valence-corrected chi connectivity index (χ2v) is 8.90. The summed E-state index contributed by atoms with van der Waals surface area (Å²) in [6.45, 7) is -0.322. The molecule has 0 saturated carbocycles. The van der Waals surface area contributed by atoms with E-state index >= 15 is 8.78 Å². The molecule has 0 radical (unpaired) electrons. The summed E-state index contributed by atoms with van der Waals surface area (Å²) in [5, 5.41) is 11.1. The number of rotatable bonds is 5. The first-order valence-corrected chi connectivity index (χ1v) is 11.4. The minimum Gasteiger partial charge on any atom is -0.477 e. The number of carboxylic acid groups (broad SMARTS) is 1. The average molecular weight is 516 g/mol. The lowest BCUT2D eigenvalue weighted by molar-refractivity contribution is 0.0686. The lowest BCUT2D eigenvalue weighted by Crippen LogP contribution is -2.15. The summed E-state index contributed by atoms with van der Waals surface area (Å²) in [5.41, 5.74) is 5.39. The second kappa shape index (κ2) is 8.17. The van der Waals surface area contributed by atoms with Crippen molar-refractivity contribution >= 4 is 44.7 Å². The Kier molecular flexibility index (Phi) is 4.99. The molecule has 4 aromatic heterocycles. The van der Waals surface area contributed by atoms with Gasteiger partial charge in [0.2, 0.25) is 0 Å². The van der Waals surface area contributed by atoms with E-state index in [1.807, 2.05) is 0 Å². The van der Waals surface area contributed by atoms with Gasteiger partial charge in [0.25, 0.3) is 11.5 Å². The first-order valence-electron chi connectivity index (χ1n) is 11.4. The number of hydrogen-bond donors (Lipinski definition) is 3. The number of primary amides is 1. The van der Waals surface area contributed by atoms with Gasteiger partial charge in [-0.05, 0) is 42.5 Å². The molecule has 0 saturated heterocycles. The topological polar surface area (TPSA) is 136 Å². The van der Waals surface area contributed by atoms with Crippen LogP contribution in [0.5, 0.6) is 0 Å². The molecule has 0 aliphatic rings. The number of nitrogens with two attached hydrogens (primary N) is 1. The van der Waals surface area contributed by atoms with E-state index in [2.05, 4.69) is 4.98 Å². The maximum atomic E-state index is 15.4. The van der Waals surface area contributed by atoms with Crippen LogP contribution in [0.4, 0.5) is 8.78 Å². The van der Waals surface area contributed by atoms with Crippen molar-refractivity contribution < 1.29 is 27.9 Å². The van der Waals surface area contributed by atoms with E-state index in [9.17, 15) is 19.5 Å². The maximum Gasteiger partial charge on any atom is 0.353 e. The summed E-state index contributed by atoms with van der Waals surface area (Å²) in [7, 11) is 1.57. The van der Waals surface area contributed by atoms with Crippen LogP contribution in [0.1, 0.15) is 26.5 Å². The predicted molar refractivity (Wildman–Crippen MR) is 135 cm³/mol. The SMILES string of the molecule is Cn1c(C(N)=O)cc2cc(Cn3c(C(=O)O)c(-c4ccc[nH]c4=O)c4c5occc5c(F)cc43)c(F)cc21. The highest BCUT2D eigenvalue weighted by Gasteiger charge is 2.29. The molecule has 0 spiro atoms. The standard InChI is InChI=1S/C27H18F2N4O5/c1-32-18-9-16(28)13(7-12(18)8-20(32)25(30)34)11-33-19-10-17(29)14-4-6-38-24(14)22(19)21(23(33)27(36)37)15-3-2-5-31-26(15)35/h2-10H,11H2,1H3,(H2,30,34)(H,31,35)(H,36,37). The van der Waals surface area contributed by atoms with Gasteiger partial charge in [-0.25, -0.2) is 13.6 Å². The number of pyridine rings is 1. The zero-order chi connectivity index (χ0) is 26.9. The van der Waals surface area contributed by atoms with E-state index in [1.54, 1.807) is 7.05 Å². The molecule has 190 valence electrons. The molecular weight excluding hydrogens is 498 g/mol. The monoisotopic (exact) mass is 516 g/mol. The number of fused-ring (bicyclic) bond motifs is 4. The molecular formula is C27H18F2N4O5. The van der Waals surface area contributed by atoms with E-state index in [-0.39, 0.29) is 56.5 Å². The molecule has 0 bridgehead atoms. The van der Waals surface area contributed by atoms with Gasteiger partial charge in [0.05, 0.1) is 40.2 Å². The molecule has 11 heteroatoms. The molecule has 6 aromatic rings. The van der Waals surface area contributed by atoms with Gasteiger partial charge in [-0.2, -0.15) is 0 Å². The average Bonchev–Trinajstić information content (AvgIpc) is 3.55. The van der Waals surface area contributed by atoms with E-state index in [0.717, 1.165) is 6.07 Å². The molecule has 0 unspecified atom stereocenters. The molecule has 4 N–H and O–H groups in total. The number of H-pyrrole nitrogens is 1. The van der Waals surface area contributed by atoms with Crippen LogP contribution in [-0.4, -0.2) is 31.1 Å². The number of nitrogens with one attached hydrogen (secondary N) is 1. The number of aromatic amines is 1. The van der Waals surface area contributed by atoms with Crippen LogP contribution in [-0.2, 0) is 13.6 Å². The highest BCUT2D eigenvalue weighted by Crippen LogP contribution is 2.40. The molecule has 0 aliphatic heterocycles. The fraction of sp³-hybridized carbons (Fsp3) is 0.0741. The number of furan rings is 1. The Labute approximate surface area is 211 Å². The van der Waals surface area contributed by atoms with Crippen LogP contribution in [0.2, 0.25) is 0 Å². The quantitative estimate of drug-likeness (QED) is 0.313. The van der Waals surface area contributed by atoms with Gasteiger partial charge in [0, 0.05) is 29.8 Å². The van der Waals surface area contributed by atoms with Gasteiger partial charge in [-0.1, -0.05) is 0 Å². The lowest BCUT2D eigenvalue weighted by atomic mass is 10.0. The summed E-state index contributed by atoms with van der Waals surface area (Å²) in [6.07, 6.45) is 2.67. The minimum absolute atomic E-state index is 0.0199. The molecule has 9 nitrogen and oxygen atoms in total. The number of hydrogen-bond acceptors (Lipinski definition) is 4. The normalized spacial score (nSPS) is 11.7. The number of halogens is 2. The fourth-order valence-electron chi connectivity index (χ4n) is 5.11. The van der Waals surface area contributed by atoms with Crippen LogP contribution >= 0.6 is 0 Å². The Morgan fingerprint density at radius 3 is 2.58 bits per heavy atom. The summed E-state index contributed by atoms with van der Waals surface area (Å²) in [5.74, 6) is -3.44. The Bertz CT molecular complexity index is 2030. The zero-order valence-electron chi connectivity index (χ0n) is 19.7. The van der Waals surface area contributed by atoms with Crippen molar-refractivity contribution in [2.75, 3.05) is 0 Å². The fourth-order valence-corrected chi connectivity index (χ4v) is 5.11. The van der Waals surface area contributed by atoms with Crippen molar-refractivity contribution in [2.24, 2.45) is 12.8 Å². The van der Waals surface area contributed by atoms with Crippen molar-refractivity contribution in [3.63, 3.8) is 0 Å². The minimum atomic E-state index is -1.41. The van der Waals surface area contributed by atoms with Crippen LogP contribution < -0.4 is 11.3 Å². The number of carboxylic acids is 1. The van der Waals surface area contributed by atoms with Crippen LogP contribution in [0.25, 0.3) is 43.9 Å². The number of aromatic nitrogens is 3. The Balaban J connectivity index is 1.69. The number of benzene rings is 2. The van der Waals surface area contributed by atoms with E-state index in [0.29, 0.717) is 10.9 Å². The molecule has 0 fully saturated rings. The number of carbonyl (C=O) groups excluding carboxylic acids is 1. The summed E-state index contributed by atoms with van der Waals surface area (Å²) in [4.78, 5) is 39.7. The molecule has 1 amide bonds. The molecule has 2 aromatic carbocycles. The molecule has 0 atom stereocenters. The maximum absolute atomic E-state index is 15.4. The molecule has 38 heavy (non-hydrogen) atoms. The highest BCUT2D eigenvalue weighted by atomic mass is 19.1. The number of amides is 1. The second-order valence-electron chi connectivity index (χ2n) is 8.90. The third-order valence-electron chi connectivity index (χ3n) is 6.80. The summed E-state index contributed by atoms with van der Waals surface area (Å²) >= 11 is 0. The smallest absolute Gasteiger partial charge is 0.353 e. The van der Waals surface area contributed by atoms with E-state index < -0.39 is 29.1 Å². The van der Waals surface area contributed by atoms with Gasteiger partial charge < -0.3 is 29.4 Å². The lowest BCUT2D eigenvalue weighted by Gasteiger charge is -2.11. The Morgan fingerprint density at radius 2 is 1.87 bits per heavy atom. The molecule has 6 rings (SSSR count). The molecule has 4 heterocycles. The largest absolute Gasteiger partial charge is 0.477 e. The number of aryl methyl sites for hydroxylation is 1. The van der Waals surface area contributed by atoms with Gasteiger partial charge in [0.1, 0.15) is 28.6 Å². The van der Waals surface area contributed by atoms with Gasteiger partial charge in [-0.15, -0.1) is 0 Å². The number of carbonyl (C=O) groups is 2. The van der Waals surface area contributed by atoms with Gasteiger partial charge >= 0.3 is 5.97 Å². The highest BCUT2D eigenvalue weighted by molar-refractivity contribution is 6.17. The van der Waals surface area contributed by atoms with Crippen molar-refractivity contribution in [1.29, 1.82) is 0 Å². The van der Waals surface area contributed by atoms with Gasteiger partial charge in [-0.3, -0.25) is 9.59 Å². The van der Waals surface area contributed by atoms with Crippen molar-refractivity contribution in [2.45, 2.75) is 6.54 Å². The van der Waals surface area contributed by atoms with E-state index in [1.165, 1.54) is 58.0 Å². The van der Waals surface area contributed by atoms with Gasteiger partial charge in [0.15, 0.2) is 0 Å². The molecule has 0 aliphatic carbocycles. The first kappa shape index (κ1) is 23.2. The van der Waals surface area contributed by atoms with Crippen molar-refractivity contribution in [3.05, 3.63) is 93.9 Å². The Morgan fingerprint density at radius 1 is 1.11 bits per heavy atom. The summed E-state index contributed by atoms with van der Waals surface area (Å²) < 4.78 is 38.7.